The summed E-state index contributed by atoms with van der Waals surface area (Å²) in [7, 11) is -1.06. The van der Waals surface area contributed by atoms with Gasteiger partial charge in [-0.3, -0.25) is 0 Å². The van der Waals surface area contributed by atoms with E-state index in [2.05, 4.69) is 20.1 Å². The normalized spacial score (nSPS) is 12.8. The van der Waals surface area contributed by atoms with E-state index >= 15 is 0 Å². The second-order valence-electron chi connectivity index (χ2n) is 8.97. The number of aromatic nitrogens is 5. The van der Waals surface area contributed by atoms with E-state index in [9.17, 15) is 12.8 Å². The van der Waals surface area contributed by atoms with Crippen LogP contribution in [0, 0.1) is 11.7 Å². The summed E-state index contributed by atoms with van der Waals surface area (Å²) in [6.07, 6.45) is 2.35. The van der Waals surface area contributed by atoms with Crippen LogP contribution >= 0.6 is 0 Å². The van der Waals surface area contributed by atoms with E-state index in [1.54, 1.807) is 41.2 Å². The number of hydrogen-bond acceptors (Lipinski definition) is 8. The lowest BCUT2D eigenvalue weighted by Gasteiger charge is -2.30. The van der Waals surface area contributed by atoms with E-state index in [1.165, 1.54) is 20.2 Å². The summed E-state index contributed by atoms with van der Waals surface area (Å²) >= 11 is 0. The Hall–Kier alpha value is -3.84. The molecule has 0 spiro atoms. The molecule has 0 aliphatic rings. The van der Waals surface area contributed by atoms with Crippen LogP contribution in [0.5, 0.6) is 0 Å². The van der Waals surface area contributed by atoms with E-state index in [1.807, 2.05) is 13.8 Å². The number of rotatable bonds is 9. The number of benzene rings is 1. The number of halogens is 1. The van der Waals surface area contributed by atoms with Crippen molar-refractivity contribution in [1.82, 2.24) is 29.0 Å². The van der Waals surface area contributed by atoms with Gasteiger partial charge in [0.25, 0.3) is 0 Å². The quantitative estimate of drug-likeness (QED) is 0.337. The van der Waals surface area contributed by atoms with Crippen molar-refractivity contribution in [3.05, 3.63) is 54.0 Å². The molecule has 37 heavy (non-hydrogen) atoms. The Kier molecular flexibility index (Phi) is 7.28. The molecule has 1 atom stereocenters. The lowest BCUT2D eigenvalue weighted by atomic mass is 10.1. The highest BCUT2D eigenvalue weighted by molar-refractivity contribution is 7.90. The third kappa shape index (κ3) is 5.04. The first kappa shape index (κ1) is 26.2. The molecule has 11 nitrogen and oxygen atoms in total. The maximum absolute atomic E-state index is 14.3. The molecule has 0 bridgehead atoms. The highest BCUT2D eigenvalue weighted by Crippen LogP contribution is 2.35. The number of pyridine rings is 1. The van der Waals surface area contributed by atoms with E-state index in [0.717, 1.165) is 15.0 Å². The van der Waals surface area contributed by atoms with E-state index in [0.29, 0.717) is 22.3 Å². The summed E-state index contributed by atoms with van der Waals surface area (Å²) < 4.78 is 44.4. The molecule has 0 saturated heterocycles. The van der Waals surface area contributed by atoms with Gasteiger partial charge in [0.2, 0.25) is 0 Å². The number of nitrogens with zero attached hydrogens (tertiary/aromatic N) is 7. The smallest absolute Gasteiger partial charge is 0.303 e. The van der Waals surface area contributed by atoms with Crippen LogP contribution in [0.3, 0.4) is 0 Å². The van der Waals surface area contributed by atoms with Gasteiger partial charge < -0.3 is 11.5 Å². The molecule has 13 heteroatoms. The molecule has 0 fully saturated rings. The summed E-state index contributed by atoms with van der Waals surface area (Å²) in [5.74, 6) is -0.429. The first-order chi connectivity index (χ1) is 17.5. The van der Waals surface area contributed by atoms with Crippen molar-refractivity contribution in [1.29, 1.82) is 0 Å². The summed E-state index contributed by atoms with van der Waals surface area (Å²) in [6.45, 7) is 4.18. The van der Waals surface area contributed by atoms with Crippen LogP contribution < -0.4 is 15.8 Å². The van der Waals surface area contributed by atoms with Crippen LogP contribution in [0.1, 0.15) is 25.8 Å². The van der Waals surface area contributed by atoms with Crippen LogP contribution in [0.15, 0.2) is 42.6 Å². The molecule has 0 saturated carbocycles. The molecule has 3 heterocycles. The first-order valence-corrected chi connectivity index (χ1v) is 13.1. The standard InChI is InChI=1S/C24H30FN9O2S/c1-5-15(2)13-34(37(35,36)32(3)4)20-21(26)29-23(30-22(20)27)19-17-10-8-12-28-24(17)33(31-19)14-16-9-6-7-11-18(16)25/h6-12,15H,5,13-14H2,1-4H3,(H4,26,27,29,30). The zero-order valence-corrected chi connectivity index (χ0v) is 21.9. The van der Waals surface area contributed by atoms with Crippen molar-refractivity contribution in [2.75, 3.05) is 36.4 Å². The predicted octanol–water partition coefficient (Wildman–Crippen LogP) is 2.90. The second kappa shape index (κ2) is 10.3. The summed E-state index contributed by atoms with van der Waals surface area (Å²) in [5.41, 5.74) is 13.9. The van der Waals surface area contributed by atoms with Crippen molar-refractivity contribution < 1.29 is 12.8 Å². The Balaban J connectivity index is 1.83. The topological polar surface area (TPSA) is 149 Å². The third-order valence-corrected chi connectivity index (χ3v) is 7.91. The van der Waals surface area contributed by atoms with Crippen molar-refractivity contribution >= 4 is 38.6 Å². The van der Waals surface area contributed by atoms with Gasteiger partial charge in [0, 0.05) is 32.4 Å². The van der Waals surface area contributed by atoms with E-state index in [-0.39, 0.29) is 48.0 Å². The zero-order chi connectivity index (χ0) is 26.9. The summed E-state index contributed by atoms with van der Waals surface area (Å²) in [6, 6.07) is 9.94. The van der Waals surface area contributed by atoms with Gasteiger partial charge in [0.05, 0.1) is 11.9 Å². The molecule has 0 aliphatic heterocycles. The van der Waals surface area contributed by atoms with Gasteiger partial charge in [-0.2, -0.15) is 17.8 Å². The SMILES string of the molecule is CCC(C)CN(c1c(N)nc(-c2nn(Cc3ccccc3F)c3ncccc23)nc1N)S(=O)(=O)N(C)C. The average molecular weight is 528 g/mol. The van der Waals surface area contributed by atoms with Crippen LogP contribution in [0.4, 0.5) is 21.7 Å². The molecule has 4 aromatic rings. The fourth-order valence-electron chi connectivity index (χ4n) is 3.83. The number of fused-ring (bicyclic) bond motifs is 1. The van der Waals surface area contributed by atoms with Gasteiger partial charge in [-0.15, -0.1) is 0 Å². The average Bonchev–Trinajstić information content (AvgIpc) is 3.22. The van der Waals surface area contributed by atoms with Gasteiger partial charge in [-0.25, -0.2) is 28.3 Å². The van der Waals surface area contributed by atoms with Crippen LogP contribution in [-0.2, 0) is 16.8 Å². The maximum atomic E-state index is 14.3. The summed E-state index contributed by atoms with van der Waals surface area (Å²) in [4.78, 5) is 13.2. The molecule has 1 aromatic carbocycles. The molecule has 1 unspecified atom stereocenters. The highest BCUT2D eigenvalue weighted by Gasteiger charge is 2.31. The monoisotopic (exact) mass is 527 g/mol. The van der Waals surface area contributed by atoms with E-state index < -0.39 is 10.2 Å². The molecule has 4 rings (SSSR count). The van der Waals surface area contributed by atoms with Gasteiger partial charge in [0.1, 0.15) is 17.2 Å². The maximum Gasteiger partial charge on any atom is 0.303 e. The minimum atomic E-state index is -3.93. The third-order valence-electron chi connectivity index (χ3n) is 6.10. The Bertz CT molecular complexity index is 1520. The minimum Gasteiger partial charge on any atom is -0.382 e. The first-order valence-electron chi connectivity index (χ1n) is 11.7. The largest absolute Gasteiger partial charge is 0.382 e. The van der Waals surface area contributed by atoms with Gasteiger partial charge in [-0.05, 0) is 24.1 Å². The second-order valence-corrected chi connectivity index (χ2v) is 11.0. The van der Waals surface area contributed by atoms with Crippen LogP contribution in [0.25, 0.3) is 22.6 Å². The highest BCUT2D eigenvalue weighted by atomic mass is 32.2. The lowest BCUT2D eigenvalue weighted by Crippen LogP contribution is -2.43. The molecule has 196 valence electrons. The minimum absolute atomic E-state index is 0.0194. The number of nitrogens with two attached hydrogens (primary N) is 2. The number of hydrogen-bond donors (Lipinski definition) is 2. The Labute approximate surface area is 215 Å². The van der Waals surface area contributed by atoms with Crippen molar-refractivity contribution in [2.24, 2.45) is 5.92 Å². The fraction of sp³-hybridized carbons (Fsp3) is 0.333. The molecule has 0 amide bonds. The van der Waals surface area contributed by atoms with Crippen molar-refractivity contribution in [2.45, 2.75) is 26.8 Å². The van der Waals surface area contributed by atoms with E-state index in [4.69, 9.17) is 11.5 Å². The number of anilines is 3. The Morgan fingerprint density at radius 3 is 2.38 bits per heavy atom. The molecule has 3 aromatic heterocycles. The summed E-state index contributed by atoms with van der Waals surface area (Å²) in [5, 5.41) is 5.22. The van der Waals surface area contributed by atoms with Crippen molar-refractivity contribution in [3.63, 3.8) is 0 Å². The van der Waals surface area contributed by atoms with Gasteiger partial charge >= 0.3 is 10.2 Å². The molecule has 0 radical (unpaired) electrons. The molecular weight excluding hydrogens is 497 g/mol. The Morgan fingerprint density at radius 1 is 1.08 bits per heavy atom. The van der Waals surface area contributed by atoms with Crippen molar-refractivity contribution in [3.8, 4) is 11.5 Å². The predicted molar refractivity (Wildman–Crippen MR) is 142 cm³/mol. The van der Waals surface area contributed by atoms with Gasteiger partial charge in [-0.1, -0.05) is 38.5 Å². The molecule has 0 aliphatic carbocycles. The Morgan fingerprint density at radius 2 is 1.76 bits per heavy atom. The molecular formula is C24H30FN9O2S. The zero-order valence-electron chi connectivity index (χ0n) is 21.1. The molecule has 4 N–H and O–H groups in total. The number of nitrogen functional groups attached to an aromatic ring is 2. The lowest BCUT2D eigenvalue weighted by molar-refractivity contribution is 0.500. The van der Waals surface area contributed by atoms with Gasteiger partial charge in [0.15, 0.2) is 23.1 Å². The van der Waals surface area contributed by atoms with Crippen LogP contribution in [-0.4, -0.2) is 58.1 Å². The fourth-order valence-corrected chi connectivity index (χ4v) is 5.09. The van der Waals surface area contributed by atoms with Crippen LogP contribution in [0.2, 0.25) is 0 Å².